The van der Waals surface area contributed by atoms with Gasteiger partial charge in [0.15, 0.2) is 0 Å². The lowest BCUT2D eigenvalue weighted by Gasteiger charge is -2.23. The molecule has 0 radical (unpaired) electrons. The second kappa shape index (κ2) is 7.68. The summed E-state index contributed by atoms with van der Waals surface area (Å²) in [6.07, 6.45) is 0. The van der Waals surface area contributed by atoms with Crippen molar-refractivity contribution in [2.75, 3.05) is 31.6 Å². The molecule has 26 heavy (non-hydrogen) atoms. The highest BCUT2D eigenvalue weighted by atomic mass is 16.5. The van der Waals surface area contributed by atoms with E-state index in [0.717, 1.165) is 43.9 Å². The summed E-state index contributed by atoms with van der Waals surface area (Å²) in [5, 5.41) is 5.28. The molecule has 0 bridgehead atoms. The Labute approximate surface area is 153 Å². The molecule has 4 heteroatoms. The highest BCUT2D eigenvalue weighted by Crippen LogP contribution is 2.19. The van der Waals surface area contributed by atoms with Crippen LogP contribution in [0.15, 0.2) is 66.7 Å². The van der Waals surface area contributed by atoms with Crippen molar-refractivity contribution in [3.05, 3.63) is 77.9 Å². The summed E-state index contributed by atoms with van der Waals surface area (Å²) in [5.74, 6) is -0.0782. The average molecular weight is 347 g/mol. The van der Waals surface area contributed by atoms with E-state index in [4.69, 9.17) is 4.74 Å². The van der Waals surface area contributed by atoms with Gasteiger partial charge in [-0.1, -0.05) is 42.5 Å². The molecule has 1 aliphatic rings. The molecule has 0 saturated carbocycles. The van der Waals surface area contributed by atoms with E-state index in [1.165, 1.54) is 15.8 Å². The van der Waals surface area contributed by atoms with Crippen molar-refractivity contribution in [1.29, 1.82) is 0 Å². The van der Waals surface area contributed by atoms with Gasteiger partial charge >= 0.3 is 0 Å². The van der Waals surface area contributed by atoms with E-state index in [1.54, 1.807) is 0 Å². The first kappa shape index (κ1) is 16.8. The Morgan fingerprint density at radius 3 is 2.42 bits per heavy atom. The van der Waals surface area contributed by atoms with E-state index in [1.807, 2.05) is 48.5 Å². The number of anilines is 1. The summed E-state index contributed by atoms with van der Waals surface area (Å²) in [6, 6.07) is 22.0. The minimum Gasteiger partial charge on any atom is -0.370 e. The molecule has 1 amide bonds. The zero-order valence-electron chi connectivity index (χ0n) is 14.7. The van der Waals surface area contributed by atoms with Crippen molar-refractivity contribution in [3.8, 4) is 0 Å². The molecular formula is C22H23N2O2+. The van der Waals surface area contributed by atoms with E-state index in [-0.39, 0.29) is 5.91 Å². The molecule has 1 aliphatic heterocycles. The van der Waals surface area contributed by atoms with Crippen molar-refractivity contribution < 1.29 is 14.4 Å². The summed E-state index contributed by atoms with van der Waals surface area (Å²) in [6.45, 7) is 4.74. The van der Waals surface area contributed by atoms with Gasteiger partial charge in [0.25, 0.3) is 5.91 Å². The van der Waals surface area contributed by atoms with E-state index in [9.17, 15) is 4.79 Å². The number of carbonyl (C=O) groups is 1. The van der Waals surface area contributed by atoms with Crippen molar-refractivity contribution in [2.24, 2.45) is 0 Å². The fourth-order valence-corrected chi connectivity index (χ4v) is 3.37. The average Bonchev–Trinajstić information content (AvgIpc) is 2.69. The zero-order valence-corrected chi connectivity index (χ0v) is 14.7. The summed E-state index contributed by atoms with van der Waals surface area (Å²) in [5.41, 5.74) is 2.75. The van der Waals surface area contributed by atoms with Crippen molar-refractivity contribution in [3.63, 3.8) is 0 Å². The number of benzene rings is 3. The Morgan fingerprint density at radius 1 is 0.923 bits per heavy atom. The Morgan fingerprint density at radius 2 is 1.65 bits per heavy atom. The maximum Gasteiger partial charge on any atom is 0.255 e. The Kier molecular flexibility index (Phi) is 4.95. The number of amides is 1. The van der Waals surface area contributed by atoms with Gasteiger partial charge in [-0.2, -0.15) is 0 Å². The fourth-order valence-electron chi connectivity index (χ4n) is 3.37. The van der Waals surface area contributed by atoms with Gasteiger partial charge in [-0.25, -0.2) is 0 Å². The minimum atomic E-state index is -0.0782. The summed E-state index contributed by atoms with van der Waals surface area (Å²) in [7, 11) is 0. The van der Waals surface area contributed by atoms with Crippen LogP contribution in [-0.2, 0) is 11.3 Å². The molecule has 4 rings (SSSR count). The molecule has 1 fully saturated rings. The standard InChI is InChI=1S/C22H22N2O2/c25-22(23-21-10-9-18-3-1-2-4-20(18)15-21)19-7-5-17(6-8-19)16-24-11-13-26-14-12-24/h1-10,15H,11-14,16H2,(H,23,25)/p+1. The highest BCUT2D eigenvalue weighted by Gasteiger charge is 2.14. The van der Waals surface area contributed by atoms with Crippen LogP contribution in [0.4, 0.5) is 5.69 Å². The summed E-state index contributed by atoms with van der Waals surface area (Å²) >= 11 is 0. The molecule has 1 saturated heterocycles. The molecule has 2 N–H and O–H groups in total. The molecule has 132 valence electrons. The Balaban J connectivity index is 1.42. The lowest BCUT2D eigenvalue weighted by molar-refractivity contribution is -0.921. The first-order chi connectivity index (χ1) is 12.8. The summed E-state index contributed by atoms with van der Waals surface area (Å²) in [4.78, 5) is 14.1. The maximum atomic E-state index is 12.5. The predicted molar refractivity (Wildman–Crippen MR) is 104 cm³/mol. The topological polar surface area (TPSA) is 42.8 Å². The molecular weight excluding hydrogens is 324 g/mol. The van der Waals surface area contributed by atoms with Crippen LogP contribution in [0.3, 0.4) is 0 Å². The molecule has 0 unspecified atom stereocenters. The van der Waals surface area contributed by atoms with Gasteiger partial charge in [-0.3, -0.25) is 4.79 Å². The normalized spacial score (nSPS) is 15.1. The van der Waals surface area contributed by atoms with E-state index in [2.05, 4.69) is 23.5 Å². The first-order valence-corrected chi connectivity index (χ1v) is 9.08. The van der Waals surface area contributed by atoms with E-state index < -0.39 is 0 Å². The maximum absolute atomic E-state index is 12.5. The minimum absolute atomic E-state index is 0.0782. The van der Waals surface area contributed by atoms with E-state index in [0.29, 0.717) is 5.56 Å². The van der Waals surface area contributed by atoms with Gasteiger partial charge in [-0.15, -0.1) is 0 Å². The molecule has 3 aromatic rings. The van der Waals surface area contributed by atoms with Gasteiger partial charge in [0.1, 0.15) is 19.6 Å². The van der Waals surface area contributed by atoms with Crippen LogP contribution in [0.1, 0.15) is 15.9 Å². The summed E-state index contributed by atoms with van der Waals surface area (Å²) < 4.78 is 5.40. The SMILES string of the molecule is O=C(Nc1ccc2ccccc2c1)c1ccc(C[NH+]2CCOCC2)cc1. The molecule has 0 aromatic heterocycles. The molecule has 0 aliphatic carbocycles. The Bertz CT molecular complexity index is 899. The number of fused-ring (bicyclic) bond motifs is 1. The zero-order chi connectivity index (χ0) is 17.8. The van der Waals surface area contributed by atoms with Crippen molar-refractivity contribution in [2.45, 2.75) is 6.54 Å². The van der Waals surface area contributed by atoms with Crippen molar-refractivity contribution in [1.82, 2.24) is 0 Å². The van der Waals surface area contributed by atoms with Crippen LogP contribution in [0.2, 0.25) is 0 Å². The quantitative estimate of drug-likeness (QED) is 0.762. The van der Waals surface area contributed by atoms with Gasteiger partial charge < -0.3 is 15.0 Å². The number of hydrogen-bond acceptors (Lipinski definition) is 2. The lowest BCUT2D eigenvalue weighted by atomic mass is 10.1. The predicted octanol–water partition coefficient (Wildman–Crippen LogP) is 2.51. The largest absolute Gasteiger partial charge is 0.370 e. The number of ether oxygens (including phenoxy) is 1. The second-order valence-corrected chi connectivity index (χ2v) is 6.75. The number of hydrogen-bond donors (Lipinski definition) is 2. The van der Waals surface area contributed by atoms with Crippen LogP contribution in [0.25, 0.3) is 10.8 Å². The van der Waals surface area contributed by atoms with Crippen LogP contribution < -0.4 is 10.2 Å². The van der Waals surface area contributed by atoms with Crippen LogP contribution in [0.5, 0.6) is 0 Å². The molecule has 3 aromatic carbocycles. The highest BCUT2D eigenvalue weighted by molar-refractivity contribution is 6.05. The molecule has 1 heterocycles. The fraction of sp³-hybridized carbons (Fsp3) is 0.227. The third kappa shape index (κ3) is 3.93. The number of quaternary nitrogens is 1. The number of nitrogens with one attached hydrogen (secondary N) is 2. The second-order valence-electron chi connectivity index (χ2n) is 6.75. The Hall–Kier alpha value is -2.69. The first-order valence-electron chi connectivity index (χ1n) is 9.08. The lowest BCUT2D eigenvalue weighted by Crippen LogP contribution is -3.12. The van der Waals surface area contributed by atoms with Crippen LogP contribution >= 0.6 is 0 Å². The monoisotopic (exact) mass is 347 g/mol. The number of rotatable bonds is 4. The van der Waals surface area contributed by atoms with Gasteiger partial charge in [0, 0.05) is 16.8 Å². The number of morpholine rings is 1. The van der Waals surface area contributed by atoms with Crippen LogP contribution in [-0.4, -0.2) is 32.2 Å². The van der Waals surface area contributed by atoms with Crippen LogP contribution in [0, 0.1) is 0 Å². The van der Waals surface area contributed by atoms with Gasteiger partial charge in [0.05, 0.1) is 13.2 Å². The smallest absolute Gasteiger partial charge is 0.255 e. The number of carbonyl (C=O) groups excluding carboxylic acids is 1. The molecule has 0 atom stereocenters. The van der Waals surface area contributed by atoms with Gasteiger partial charge in [-0.05, 0) is 35.0 Å². The molecule has 0 spiro atoms. The molecule has 4 nitrogen and oxygen atoms in total. The third-order valence-electron chi connectivity index (χ3n) is 4.88. The third-order valence-corrected chi connectivity index (χ3v) is 4.88. The van der Waals surface area contributed by atoms with Gasteiger partial charge in [0.2, 0.25) is 0 Å². The van der Waals surface area contributed by atoms with E-state index >= 15 is 0 Å². The van der Waals surface area contributed by atoms with Crippen molar-refractivity contribution >= 4 is 22.4 Å².